The van der Waals surface area contributed by atoms with E-state index < -0.39 is 0 Å². The predicted molar refractivity (Wildman–Crippen MR) is 76.1 cm³/mol. The molecule has 0 aliphatic carbocycles. The van der Waals surface area contributed by atoms with E-state index in [-0.39, 0.29) is 11.9 Å². The van der Waals surface area contributed by atoms with E-state index in [0.717, 1.165) is 11.3 Å². The van der Waals surface area contributed by atoms with E-state index in [1.807, 2.05) is 26.0 Å². The molecule has 0 saturated carbocycles. The normalized spacial score (nSPS) is 11.7. The first-order valence-electron chi connectivity index (χ1n) is 6.11. The molecule has 19 heavy (non-hydrogen) atoms. The Morgan fingerprint density at radius 2 is 1.74 bits per heavy atom. The summed E-state index contributed by atoms with van der Waals surface area (Å²) in [5.74, 6) is 1.34. The van der Waals surface area contributed by atoms with E-state index in [1.54, 1.807) is 33.2 Å². The Balaban J connectivity index is 2.98. The Kier molecular flexibility index (Phi) is 5.03. The van der Waals surface area contributed by atoms with Crippen LogP contribution in [-0.2, 0) is 4.79 Å². The molecule has 1 amide bonds. The average Bonchev–Trinajstić information content (AvgIpc) is 2.39. The number of carbonyl (C=O) groups is 1. The molecule has 106 valence electrons. The molecule has 1 rings (SSSR count). The molecule has 0 bridgehead atoms. The van der Waals surface area contributed by atoms with Crippen LogP contribution in [0.2, 0.25) is 0 Å². The van der Waals surface area contributed by atoms with E-state index in [9.17, 15) is 4.79 Å². The third-order valence-electron chi connectivity index (χ3n) is 2.91. The van der Waals surface area contributed by atoms with Crippen LogP contribution < -0.4 is 14.8 Å². The molecule has 1 N–H and O–H groups in total. The molecule has 0 spiro atoms. The van der Waals surface area contributed by atoms with E-state index in [2.05, 4.69) is 5.32 Å². The van der Waals surface area contributed by atoms with E-state index in [4.69, 9.17) is 9.47 Å². The summed E-state index contributed by atoms with van der Waals surface area (Å²) in [4.78, 5) is 13.4. The lowest BCUT2D eigenvalue weighted by molar-refractivity contribution is -0.129. The number of benzene rings is 1. The first-order chi connectivity index (χ1) is 8.90. The highest BCUT2D eigenvalue weighted by Crippen LogP contribution is 2.33. The van der Waals surface area contributed by atoms with Crippen LogP contribution in [0.4, 0.5) is 5.69 Å². The second-order valence-electron chi connectivity index (χ2n) is 4.62. The van der Waals surface area contributed by atoms with Crippen LogP contribution >= 0.6 is 0 Å². The van der Waals surface area contributed by atoms with Crippen molar-refractivity contribution in [3.05, 3.63) is 17.7 Å². The number of amides is 1. The zero-order valence-corrected chi connectivity index (χ0v) is 12.4. The van der Waals surface area contributed by atoms with Crippen LogP contribution in [0.15, 0.2) is 12.1 Å². The van der Waals surface area contributed by atoms with Gasteiger partial charge in [-0.3, -0.25) is 4.79 Å². The number of likely N-dealkylation sites (N-methyl/N-ethyl adjacent to an activating group) is 1. The van der Waals surface area contributed by atoms with Crippen molar-refractivity contribution in [2.45, 2.75) is 19.9 Å². The lowest BCUT2D eigenvalue weighted by atomic mass is 10.1. The molecule has 1 aromatic carbocycles. The van der Waals surface area contributed by atoms with Crippen molar-refractivity contribution in [3.8, 4) is 11.5 Å². The number of carbonyl (C=O) groups excluding carboxylic acids is 1. The second-order valence-corrected chi connectivity index (χ2v) is 4.62. The molecule has 5 heteroatoms. The van der Waals surface area contributed by atoms with Crippen LogP contribution in [0.1, 0.15) is 12.5 Å². The lowest BCUT2D eigenvalue weighted by Gasteiger charge is -2.21. The van der Waals surface area contributed by atoms with Gasteiger partial charge in [-0.15, -0.1) is 0 Å². The molecule has 0 aliphatic rings. The fraction of sp³-hybridized carbons (Fsp3) is 0.500. The number of aryl methyl sites for hydroxylation is 1. The van der Waals surface area contributed by atoms with Crippen LogP contribution in [0.5, 0.6) is 11.5 Å². The highest BCUT2D eigenvalue weighted by molar-refractivity contribution is 5.84. The molecule has 0 aliphatic heterocycles. The minimum Gasteiger partial charge on any atom is -0.493 e. The van der Waals surface area contributed by atoms with Gasteiger partial charge in [-0.2, -0.15) is 0 Å². The van der Waals surface area contributed by atoms with Crippen molar-refractivity contribution >= 4 is 11.6 Å². The number of hydrogen-bond acceptors (Lipinski definition) is 4. The second kappa shape index (κ2) is 6.31. The summed E-state index contributed by atoms with van der Waals surface area (Å²) in [6.07, 6.45) is 0. The van der Waals surface area contributed by atoms with Crippen LogP contribution in [0.25, 0.3) is 0 Å². The maximum absolute atomic E-state index is 11.8. The first-order valence-corrected chi connectivity index (χ1v) is 6.11. The Morgan fingerprint density at radius 3 is 2.21 bits per heavy atom. The quantitative estimate of drug-likeness (QED) is 0.884. The van der Waals surface area contributed by atoms with Crippen molar-refractivity contribution in [2.24, 2.45) is 0 Å². The first kappa shape index (κ1) is 15.1. The average molecular weight is 266 g/mol. The zero-order chi connectivity index (χ0) is 14.6. The zero-order valence-electron chi connectivity index (χ0n) is 12.4. The van der Waals surface area contributed by atoms with Gasteiger partial charge in [0.1, 0.15) is 6.04 Å². The molecule has 1 atom stereocenters. The number of nitrogens with zero attached hydrogens (tertiary/aromatic N) is 1. The smallest absolute Gasteiger partial charge is 0.244 e. The Bertz CT molecular complexity index is 458. The maximum atomic E-state index is 11.8. The summed E-state index contributed by atoms with van der Waals surface area (Å²) in [5.41, 5.74) is 1.86. The van der Waals surface area contributed by atoms with E-state index in [1.165, 1.54) is 0 Å². The highest BCUT2D eigenvalue weighted by atomic mass is 16.5. The van der Waals surface area contributed by atoms with Gasteiger partial charge in [0.25, 0.3) is 0 Å². The number of nitrogens with one attached hydrogen (secondary N) is 1. The summed E-state index contributed by atoms with van der Waals surface area (Å²) < 4.78 is 10.5. The van der Waals surface area contributed by atoms with Crippen LogP contribution in [0, 0.1) is 6.92 Å². The molecule has 0 unspecified atom stereocenters. The molecule has 0 saturated heterocycles. The van der Waals surface area contributed by atoms with E-state index >= 15 is 0 Å². The van der Waals surface area contributed by atoms with E-state index in [0.29, 0.717) is 11.5 Å². The van der Waals surface area contributed by atoms with Crippen molar-refractivity contribution < 1.29 is 14.3 Å². The molecule has 0 heterocycles. The molecule has 0 fully saturated rings. The lowest BCUT2D eigenvalue weighted by Crippen LogP contribution is -2.36. The number of hydrogen-bond donors (Lipinski definition) is 1. The summed E-state index contributed by atoms with van der Waals surface area (Å²) in [6, 6.07) is 3.42. The summed E-state index contributed by atoms with van der Waals surface area (Å²) in [5, 5.41) is 3.19. The van der Waals surface area contributed by atoms with Crippen LogP contribution in [-0.4, -0.2) is 45.2 Å². The number of anilines is 1. The fourth-order valence-electron chi connectivity index (χ4n) is 1.82. The maximum Gasteiger partial charge on any atom is 0.244 e. The van der Waals surface area contributed by atoms with Crippen molar-refractivity contribution in [1.29, 1.82) is 0 Å². The summed E-state index contributed by atoms with van der Waals surface area (Å²) >= 11 is 0. The predicted octanol–water partition coefficient (Wildman–Crippen LogP) is 1.90. The van der Waals surface area contributed by atoms with Gasteiger partial charge in [0.15, 0.2) is 11.5 Å². The number of methoxy groups -OCH3 is 2. The molecule has 1 aromatic rings. The third-order valence-corrected chi connectivity index (χ3v) is 2.91. The third kappa shape index (κ3) is 3.53. The molecular formula is C14H22N2O3. The number of ether oxygens (including phenoxy) is 2. The highest BCUT2D eigenvalue weighted by Gasteiger charge is 2.16. The van der Waals surface area contributed by atoms with Gasteiger partial charge in [-0.05, 0) is 25.5 Å². The van der Waals surface area contributed by atoms with Gasteiger partial charge in [0.05, 0.1) is 14.2 Å². The number of rotatable bonds is 5. The SMILES string of the molecule is COc1cc(C)c(N[C@H](C)C(=O)N(C)C)cc1OC. The Hall–Kier alpha value is -1.91. The molecule has 0 aromatic heterocycles. The minimum absolute atomic E-state index is 0.0224. The van der Waals surface area contributed by atoms with Crippen molar-refractivity contribution in [2.75, 3.05) is 33.6 Å². The monoisotopic (exact) mass is 266 g/mol. The Labute approximate surface area is 114 Å². The Morgan fingerprint density at radius 1 is 1.21 bits per heavy atom. The molecular weight excluding hydrogens is 244 g/mol. The van der Waals surface area contributed by atoms with Crippen molar-refractivity contribution in [1.82, 2.24) is 4.90 Å². The van der Waals surface area contributed by atoms with Gasteiger partial charge in [0, 0.05) is 25.8 Å². The van der Waals surface area contributed by atoms with Gasteiger partial charge in [-0.1, -0.05) is 0 Å². The fourth-order valence-corrected chi connectivity index (χ4v) is 1.82. The largest absolute Gasteiger partial charge is 0.493 e. The summed E-state index contributed by atoms with van der Waals surface area (Å²) in [7, 11) is 6.66. The van der Waals surface area contributed by atoms with Crippen LogP contribution in [0.3, 0.4) is 0 Å². The van der Waals surface area contributed by atoms with Gasteiger partial charge in [0.2, 0.25) is 5.91 Å². The van der Waals surface area contributed by atoms with Gasteiger partial charge >= 0.3 is 0 Å². The van der Waals surface area contributed by atoms with Gasteiger partial charge < -0.3 is 19.7 Å². The summed E-state index contributed by atoms with van der Waals surface area (Å²) in [6.45, 7) is 3.79. The standard InChI is InChI=1S/C14H22N2O3/c1-9-7-12(18-5)13(19-6)8-11(9)15-10(2)14(17)16(3)4/h7-8,10,15H,1-6H3/t10-/m1/s1. The molecule has 0 radical (unpaired) electrons. The van der Waals surface area contributed by atoms with Crippen molar-refractivity contribution in [3.63, 3.8) is 0 Å². The van der Waals surface area contributed by atoms with Gasteiger partial charge in [-0.25, -0.2) is 0 Å². The topological polar surface area (TPSA) is 50.8 Å². The molecule has 5 nitrogen and oxygen atoms in total. The minimum atomic E-state index is -0.299.